The highest BCUT2D eigenvalue weighted by molar-refractivity contribution is 5.31. The van der Waals surface area contributed by atoms with Gasteiger partial charge in [0.2, 0.25) is 0 Å². The van der Waals surface area contributed by atoms with Gasteiger partial charge in [-0.05, 0) is 67.7 Å². The van der Waals surface area contributed by atoms with Crippen LogP contribution in [-0.2, 0) is 10.8 Å². The Labute approximate surface area is 189 Å². The Morgan fingerprint density at radius 2 is 1.58 bits per heavy atom. The van der Waals surface area contributed by atoms with Crippen molar-refractivity contribution in [1.82, 2.24) is 0 Å². The molecule has 2 aromatic rings. The fraction of sp³-hybridized carbons (Fsp3) is 0.520. The smallest absolute Gasteiger partial charge is 0.403 e. The monoisotopic (exact) mass is 474 g/mol. The SMILES string of the molecule is CCCC1CCC(c2ccc(C(F)(F)OC(C)c3ccc(OC(F)(F)F)c(F)c3)cc2)CC1. The van der Waals surface area contributed by atoms with Gasteiger partial charge >= 0.3 is 12.5 Å². The van der Waals surface area contributed by atoms with E-state index in [1.54, 1.807) is 12.1 Å². The van der Waals surface area contributed by atoms with E-state index >= 15 is 0 Å². The van der Waals surface area contributed by atoms with Crippen molar-refractivity contribution in [3.63, 3.8) is 0 Å². The topological polar surface area (TPSA) is 18.5 Å². The van der Waals surface area contributed by atoms with Crippen molar-refractivity contribution in [3.05, 3.63) is 65.0 Å². The van der Waals surface area contributed by atoms with Gasteiger partial charge in [0.25, 0.3) is 0 Å². The summed E-state index contributed by atoms with van der Waals surface area (Å²) < 4.78 is 88.6. The number of rotatable bonds is 8. The summed E-state index contributed by atoms with van der Waals surface area (Å²) in [6.45, 7) is 3.46. The lowest BCUT2D eigenvalue weighted by Gasteiger charge is -2.29. The van der Waals surface area contributed by atoms with E-state index in [2.05, 4.69) is 11.7 Å². The first-order chi connectivity index (χ1) is 15.5. The van der Waals surface area contributed by atoms with Crippen LogP contribution in [0.4, 0.5) is 26.3 Å². The predicted octanol–water partition coefficient (Wildman–Crippen LogP) is 8.63. The largest absolute Gasteiger partial charge is 0.573 e. The average Bonchev–Trinajstić information content (AvgIpc) is 2.75. The summed E-state index contributed by atoms with van der Waals surface area (Å²) >= 11 is 0. The number of ether oxygens (including phenoxy) is 2. The van der Waals surface area contributed by atoms with E-state index in [-0.39, 0.29) is 11.1 Å². The van der Waals surface area contributed by atoms with Crippen LogP contribution in [0.3, 0.4) is 0 Å². The van der Waals surface area contributed by atoms with Crippen molar-refractivity contribution in [1.29, 1.82) is 0 Å². The highest BCUT2D eigenvalue weighted by Crippen LogP contribution is 2.40. The van der Waals surface area contributed by atoms with E-state index in [4.69, 9.17) is 4.74 Å². The summed E-state index contributed by atoms with van der Waals surface area (Å²) in [4.78, 5) is 0. The lowest BCUT2D eigenvalue weighted by molar-refractivity contribution is -0.275. The third-order valence-electron chi connectivity index (χ3n) is 6.24. The minimum Gasteiger partial charge on any atom is -0.403 e. The van der Waals surface area contributed by atoms with Crippen LogP contribution in [0.1, 0.15) is 81.1 Å². The van der Waals surface area contributed by atoms with Crippen molar-refractivity contribution in [3.8, 4) is 5.75 Å². The Morgan fingerprint density at radius 3 is 2.12 bits per heavy atom. The van der Waals surface area contributed by atoms with Crippen LogP contribution in [0.2, 0.25) is 0 Å². The quantitative estimate of drug-likeness (QED) is 0.357. The minimum atomic E-state index is -5.06. The molecule has 1 aliphatic rings. The van der Waals surface area contributed by atoms with E-state index in [1.807, 2.05) is 0 Å². The van der Waals surface area contributed by atoms with Crippen LogP contribution in [0.15, 0.2) is 42.5 Å². The second-order valence-electron chi connectivity index (χ2n) is 8.64. The van der Waals surface area contributed by atoms with Gasteiger partial charge < -0.3 is 9.47 Å². The molecule has 1 unspecified atom stereocenters. The summed E-state index contributed by atoms with van der Waals surface area (Å²) in [5, 5.41) is 0. The molecule has 0 spiro atoms. The summed E-state index contributed by atoms with van der Waals surface area (Å²) in [7, 11) is 0. The van der Waals surface area contributed by atoms with Gasteiger partial charge in [-0.25, -0.2) is 4.39 Å². The van der Waals surface area contributed by atoms with Crippen molar-refractivity contribution in [2.45, 2.75) is 76.9 Å². The maximum absolute atomic E-state index is 14.7. The average molecular weight is 474 g/mol. The third-order valence-corrected chi connectivity index (χ3v) is 6.24. The molecule has 0 aliphatic heterocycles. The van der Waals surface area contributed by atoms with E-state index in [0.717, 1.165) is 49.3 Å². The van der Waals surface area contributed by atoms with Gasteiger partial charge in [-0.2, -0.15) is 8.78 Å². The Balaban J connectivity index is 1.63. The molecule has 0 aromatic heterocycles. The van der Waals surface area contributed by atoms with Crippen molar-refractivity contribution < 1.29 is 35.8 Å². The first kappa shape index (κ1) is 25.4. The zero-order chi connectivity index (χ0) is 24.2. The standard InChI is InChI=1S/C25H28F6O2/c1-3-4-17-5-7-18(8-6-17)19-9-12-21(13-10-19)24(27,28)32-16(2)20-11-14-23(22(26)15-20)33-25(29,30)31/h9-18H,3-8H2,1-2H3. The molecule has 1 atom stereocenters. The van der Waals surface area contributed by atoms with E-state index in [9.17, 15) is 26.3 Å². The first-order valence-corrected chi connectivity index (χ1v) is 11.2. The molecule has 0 radical (unpaired) electrons. The predicted molar refractivity (Wildman–Crippen MR) is 113 cm³/mol. The molecule has 33 heavy (non-hydrogen) atoms. The zero-order valence-electron chi connectivity index (χ0n) is 18.6. The van der Waals surface area contributed by atoms with Crippen molar-refractivity contribution >= 4 is 0 Å². The molecule has 0 saturated heterocycles. The van der Waals surface area contributed by atoms with Crippen LogP contribution in [0, 0.1) is 11.7 Å². The van der Waals surface area contributed by atoms with Gasteiger partial charge in [-0.15, -0.1) is 13.2 Å². The maximum Gasteiger partial charge on any atom is 0.573 e. The molecule has 2 nitrogen and oxygen atoms in total. The molecule has 1 aliphatic carbocycles. The Hall–Kier alpha value is -2.22. The molecule has 1 fully saturated rings. The van der Waals surface area contributed by atoms with E-state index < -0.39 is 30.1 Å². The highest BCUT2D eigenvalue weighted by atomic mass is 19.4. The summed E-state index contributed by atoms with van der Waals surface area (Å²) in [6.07, 6.45) is -3.18. The number of hydrogen-bond donors (Lipinski definition) is 0. The van der Waals surface area contributed by atoms with E-state index in [1.165, 1.54) is 31.9 Å². The molecular formula is C25H28F6O2. The first-order valence-electron chi connectivity index (χ1n) is 11.2. The number of benzene rings is 2. The van der Waals surface area contributed by atoms with Gasteiger partial charge in [-0.3, -0.25) is 0 Å². The second-order valence-corrected chi connectivity index (χ2v) is 8.64. The fourth-order valence-corrected chi connectivity index (χ4v) is 4.48. The zero-order valence-corrected chi connectivity index (χ0v) is 18.6. The van der Waals surface area contributed by atoms with Crippen LogP contribution in [0.5, 0.6) is 5.75 Å². The Morgan fingerprint density at radius 1 is 0.939 bits per heavy atom. The Bertz CT molecular complexity index is 902. The third kappa shape index (κ3) is 6.88. The molecule has 0 bridgehead atoms. The van der Waals surface area contributed by atoms with Crippen molar-refractivity contribution in [2.24, 2.45) is 5.92 Å². The van der Waals surface area contributed by atoms with Gasteiger partial charge in [0, 0.05) is 0 Å². The molecule has 8 heteroatoms. The molecular weight excluding hydrogens is 446 g/mol. The molecule has 0 heterocycles. The Kier molecular flexibility index (Phi) is 7.98. The van der Waals surface area contributed by atoms with Crippen LogP contribution in [0.25, 0.3) is 0 Å². The molecule has 2 aromatic carbocycles. The van der Waals surface area contributed by atoms with E-state index in [0.29, 0.717) is 12.0 Å². The van der Waals surface area contributed by atoms with Gasteiger partial charge in [-0.1, -0.05) is 50.1 Å². The van der Waals surface area contributed by atoms with Crippen LogP contribution in [-0.4, -0.2) is 6.36 Å². The molecule has 3 rings (SSSR count). The van der Waals surface area contributed by atoms with Gasteiger partial charge in [0.15, 0.2) is 11.6 Å². The molecule has 1 saturated carbocycles. The summed E-state index contributed by atoms with van der Waals surface area (Å²) in [6, 6.07) is 8.56. The minimum absolute atomic E-state index is 0.0397. The van der Waals surface area contributed by atoms with Crippen molar-refractivity contribution in [2.75, 3.05) is 0 Å². The van der Waals surface area contributed by atoms with Crippen LogP contribution < -0.4 is 4.74 Å². The number of halogens is 6. The second kappa shape index (κ2) is 10.4. The van der Waals surface area contributed by atoms with Gasteiger partial charge in [0.05, 0.1) is 11.7 Å². The molecule has 182 valence electrons. The number of hydrogen-bond acceptors (Lipinski definition) is 2. The number of alkyl halides is 5. The highest BCUT2D eigenvalue weighted by Gasteiger charge is 2.36. The molecule has 0 amide bonds. The maximum atomic E-state index is 14.7. The van der Waals surface area contributed by atoms with Gasteiger partial charge in [0.1, 0.15) is 0 Å². The normalized spacial score (nSPS) is 20.5. The lowest BCUT2D eigenvalue weighted by atomic mass is 9.77. The summed E-state index contributed by atoms with van der Waals surface area (Å²) in [5.74, 6) is -1.24. The fourth-order valence-electron chi connectivity index (χ4n) is 4.48. The summed E-state index contributed by atoms with van der Waals surface area (Å²) in [5.41, 5.74) is 0.650. The van der Waals surface area contributed by atoms with Crippen LogP contribution >= 0.6 is 0 Å². The molecule has 0 N–H and O–H groups in total. The lowest BCUT2D eigenvalue weighted by Crippen LogP contribution is -2.21.